The van der Waals surface area contributed by atoms with Crippen LogP contribution in [0.4, 0.5) is 5.69 Å². The van der Waals surface area contributed by atoms with Gasteiger partial charge in [0.2, 0.25) is 0 Å². The standard InChI is InChI=1S/C22H29N3O2/c1-16(2)27-21-10-6-5-9-19(21)24-11-13-25(14-12-24)22-15-20(26)17-7-3-4-8-18(17)23-22/h5-6,9-10,16H,3-4,7-8,11-15H2,1-2H3. The first-order valence-electron chi connectivity index (χ1n) is 10.2. The molecule has 144 valence electrons. The second kappa shape index (κ2) is 7.75. The van der Waals surface area contributed by atoms with Crippen LogP contribution >= 0.6 is 0 Å². The van der Waals surface area contributed by atoms with E-state index in [9.17, 15) is 4.79 Å². The molecule has 0 amide bonds. The molecule has 1 aliphatic carbocycles. The number of carbonyl (C=O) groups excluding carboxylic acids is 1. The lowest BCUT2D eigenvalue weighted by molar-refractivity contribution is -0.115. The number of para-hydroxylation sites is 2. The van der Waals surface area contributed by atoms with Crippen molar-refractivity contribution in [1.29, 1.82) is 0 Å². The van der Waals surface area contributed by atoms with E-state index in [0.29, 0.717) is 12.2 Å². The Kier molecular flexibility index (Phi) is 5.19. The number of hydrogen-bond donors (Lipinski definition) is 0. The van der Waals surface area contributed by atoms with Crippen molar-refractivity contribution in [2.24, 2.45) is 4.99 Å². The number of rotatable bonds is 3. The van der Waals surface area contributed by atoms with E-state index in [1.54, 1.807) is 0 Å². The van der Waals surface area contributed by atoms with Gasteiger partial charge in [0.25, 0.3) is 0 Å². The van der Waals surface area contributed by atoms with Gasteiger partial charge in [-0.25, -0.2) is 4.99 Å². The predicted molar refractivity (Wildman–Crippen MR) is 109 cm³/mol. The largest absolute Gasteiger partial charge is 0.489 e. The zero-order valence-corrected chi connectivity index (χ0v) is 16.4. The van der Waals surface area contributed by atoms with Gasteiger partial charge in [0, 0.05) is 37.4 Å². The number of benzene rings is 1. The third kappa shape index (κ3) is 3.87. The van der Waals surface area contributed by atoms with Gasteiger partial charge in [-0.3, -0.25) is 4.79 Å². The van der Waals surface area contributed by atoms with Gasteiger partial charge in [-0.1, -0.05) is 12.1 Å². The molecule has 4 rings (SSSR count). The van der Waals surface area contributed by atoms with Crippen molar-refractivity contribution >= 4 is 17.3 Å². The molecule has 3 aliphatic rings. The zero-order chi connectivity index (χ0) is 18.8. The maximum atomic E-state index is 12.5. The Morgan fingerprint density at radius 3 is 2.48 bits per heavy atom. The van der Waals surface area contributed by atoms with E-state index in [-0.39, 0.29) is 6.10 Å². The highest BCUT2D eigenvalue weighted by molar-refractivity contribution is 6.11. The van der Waals surface area contributed by atoms with Crippen LogP contribution in [0, 0.1) is 0 Å². The molecular formula is C22H29N3O2. The SMILES string of the molecule is CC(C)Oc1ccccc1N1CCN(C2=NC3=C(CCCC3)C(=O)C2)CC1. The Hall–Kier alpha value is -2.30. The number of ketones is 1. The van der Waals surface area contributed by atoms with Crippen molar-refractivity contribution in [3.8, 4) is 5.75 Å². The summed E-state index contributed by atoms with van der Waals surface area (Å²) in [6, 6.07) is 8.27. The first-order valence-corrected chi connectivity index (χ1v) is 10.2. The Bertz CT molecular complexity index is 774. The number of allylic oxidation sites excluding steroid dienone is 2. The lowest BCUT2D eigenvalue weighted by atomic mass is 9.90. The van der Waals surface area contributed by atoms with Gasteiger partial charge in [-0.2, -0.15) is 0 Å². The van der Waals surface area contributed by atoms with Crippen LogP contribution in [0.5, 0.6) is 5.75 Å². The summed E-state index contributed by atoms with van der Waals surface area (Å²) >= 11 is 0. The van der Waals surface area contributed by atoms with E-state index in [1.807, 2.05) is 12.1 Å². The average Bonchev–Trinajstić information content (AvgIpc) is 2.68. The summed E-state index contributed by atoms with van der Waals surface area (Å²) in [5.74, 6) is 2.22. The third-order valence-corrected chi connectivity index (χ3v) is 5.57. The molecule has 5 nitrogen and oxygen atoms in total. The molecule has 0 bridgehead atoms. The van der Waals surface area contributed by atoms with Crippen LogP contribution in [0.2, 0.25) is 0 Å². The molecule has 2 aliphatic heterocycles. The molecule has 0 radical (unpaired) electrons. The fourth-order valence-electron chi connectivity index (χ4n) is 4.22. The van der Waals surface area contributed by atoms with Crippen LogP contribution in [-0.2, 0) is 4.79 Å². The van der Waals surface area contributed by atoms with Crippen LogP contribution in [-0.4, -0.2) is 48.8 Å². The van der Waals surface area contributed by atoms with Crippen molar-refractivity contribution in [3.05, 3.63) is 35.5 Å². The van der Waals surface area contributed by atoms with Gasteiger partial charge in [-0.15, -0.1) is 0 Å². The molecule has 1 saturated heterocycles. The van der Waals surface area contributed by atoms with E-state index in [4.69, 9.17) is 9.73 Å². The predicted octanol–water partition coefficient (Wildman–Crippen LogP) is 3.80. The number of anilines is 1. The third-order valence-electron chi connectivity index (χ3n) is 5.57. The summed E-state index contributed by atoms with van der Waals surface area (Å²) < 4.78 is 5.99. The van der Waals surface area contributed by atoms with E-state index in [0.717, 1.165) is 80.4 Å². The lowest BCUT2D eigenvalue weighted by Crippen LogP contribution is -2.49. The molecule has 1 aromatic carbocycles. The molecule has 0 saturated carbocycles. The highest BCUT2D eigenvalue weighted by Gasteiger charge is 2.29. The van der Waals surface area contributed by atoms with Gasteiger partial charge in [0.05, 0.1) is 18.2 Å². The average molecular weight is 367 g/mol. The minimum Gasteiger partial charge on any atom is -0.489 e. The van der Waals surface area contributed by atoms with E-state index >= 15 is 0 Å². The number of Topliss-reactive ketones (excluding diaryl/α,β-unsaturated/α-hetero) is 1. The van der Waals surface area contributed by atoms with Crippen LogP contribution in [0.1, 0.15) is 46.0 Å². The number of ether oxygens (including phenoxy) is 1. The Morgan fingerprint density at radius 2 is 1.70 bits per heavy atom. The first-order chi connectivity index (χ1) is 13.1. The second-order valence-electron chi connectivity index (χ2n) is 7.87. The fraction of sp³-hybridized carbons (Fsp3) is 0.545. The minimum absolute atomic E-state index is 0.160. The van der Waals surface area contributed by atoms with Crippen molar-refractivity contribution in [3.63, 3.8) is 0 Å². The molecule has 5 heteroatoms. The monoisotopic (exact) mass is 367 g/mol. The Balaban J connectivity index is 1.45. The number of carbonyl (C=O) groups is 1. The van der Waals surface area contributed by atoms with E-state index in [1.165, 1.54) is 0 Å². The molecule has 27 heavy (non-hydrogen) atoms. The quantitative estimate of drug-likeness (QED) is 0.815. The summed E-state index contributed by atoms with van der Waals surface area (Å²) in [6.07, 6.45) is 4.81. The maximum absolute atomic E-state index is 12.5. The molecule has 0 aromatic heterocycles. The van der Waals surface area contributed by atoms with Crippen molar-refractivity contribution in [2.75, 3.05) is 31.1 Å². The smallest absolute Gasteiger partial charge is 0.168 e. The van der Waals surface area contributed by atoms with E-state index < -0.39 is 0 Å². The lowest BCUT2D eigenvalue weighted by Gasteiger charge is -2.39. The number of aliphatic imine (C=N–C) groups is 1. The number of piperazine rings is 1. The van der Waals surface area contributed by atoms with Crippen LogP contribution in [0.15, 0.2) is 40.5 Å². The maximum Gasteiger partial charge on any atom is 0.168 e. The topological polar surface area (TPSA) is 45.1 Å². The molecule has 0 atom stereocenters. The van der Waals surface area contributed by atoms with Gasteiger partial charge in [-0.05, 0) is 51.7 Å². The number of hydrogen-bond acceptors (Lipinski definition) is 5. The summed E-state index contributed by atoms with van der Waals surface area (Å²) in [5, 5.41) is 0. The fourth-order valence-corrected chi connectivity index (χ4v) is 4.22. The summed E-state index contributed by atoms with van der Waals surface area (Å²) in [5.41, 5.74) is 3.22. The Labute approximate surface area is 161 Å². The van der Waals surface area contributed by atoms with Crippen LogP contribution in [0.25, 0.3) is 0 Å². The van der Waals surface area contributed by atoms with Crippen molar-refractivity contribution in [2.45, 2.75) is 52.1 Å². The molecule has 2 heterocycles. The first kappa shape index (κ1) is 18.1. The van der Waals surface area contributed by atoms with Gasteiger partial charge < -0.3 is 14.5 Å². The molecule has 1 fully saturated rings. The molecule has 0 N–H and O–H groups in total. The van der Waals surface area contributed by atoms with Crippen molar-refractivity contribution < 1.29 is 9.53 Å². The van der Waals surface area contributed by atoms with E-state index in [2.05, 4.69) is 35.8 Å². The normalized spacial score (nSPS) is 20.7. The highest BCUT2D eigenvalue weighted by Crippen LogP contribution is 2.32. The van der Waals surface area contributed by atoms with Gasteiger partial charge >= 0.3 is 0 Å². The molecule has 1 aromatic rings. The zero-order valence-electron chi connectivity index (χ0n) is 16.4. The Morgan fingerprint density at radius 1 is 1.00 bits per heavy atom. The summed E-state index contributed by atoms with van der Waals surface area (Å²) in [7, 11) is 0. The van der Waals surface area contributed by atoms with Crippen LogP contribution < -0.4 is 9.64 Å². The summed E-state index contributed by atoms with van der Waals surface area (Å²) in [6.45, 7) is 7.73. The minimum atomic E-state index is 0.160. The second-order valence-corrected chi connectivity index (χ2v) is 7.87. The number of amidine groups is 1. The van der Waals surface area contributed by atoms with Gasteiger partial charge in [0.15, 0.2) is 5.78 Å². The highest BCUT2D eigenvalue weighted by atomic mass is 16.5. The molecular weight excluding hydrogens is 338 g/mol. The van der Waals surface area contributed by atoms with Crippen molar-refractivity contribution in [1.82, 2.24) is 4.90 Å². The summed E-state index contributed by atoms with van der Waals surface area (Å²) in [4.78, 5) is 22.1. The van der Waals surface area contributed by atoms with Gasteiger partial charge in [0.1, 0.15) is 11.6 Å². The molecule has 0 spiro atoms. The molecule has 0 unspecified atom stereocenters. The van der Waals surface area contributed by atoms with Crippen LogP contribution in [0.3, 0.4) is 0 Å². The number of nitrogens with zero attached hydrogens (tertiary/aromatic N) is 3.